The second kappa shape index (κ2) is 7.85. The van der Waals surface area contributed by atoms with Crippen LogP contribution in [0.3, 0.4) is 0 Å². The zero-order chi connectivity index (χ0) is 19.6. The molecule has 2 aromatic rings. The van der Waals surface area contributed by atoms with Crippen molar-refractivity contribution in [2.45, 2.75) is 53.2 Å². The minimum absolute atomic E-state index is 0.0166. The van der Waals surface area contributed by atoms with Crippen molar-refractivity contribution >= 4 is 5.91 Å². The van der Waals surface area contributed by atoms with E-state index in [1.807, 2.05) is 19.9 Å². The predicted molar refractivity (Wildman–Crippen MR) is 99.7 cm³/mol. The maximum absolute atomic E-state index is 12.5. The highest BCUT2D eigenvalue weighted by Gasteiger charge is 2.25. The predicted octanol–water partition coefficient (Wildman–Crippen LogP) is 1.34. The number of carbonyl (C=O) groups is 1. The van der Waals surface area contributed by atoms with E-state index in [1.165, 1.54) is 10.9 Å². The molecule has 3 rings (SSSR count). The third-order valence-corrected chi connectivity index (χ3v) is 4.85. The molecule has 8 heteroatoms. The summed E-state index contributed by atoms with van der Waals surface area (Å²) in [7, 11) is 0. The van der Waals surface area contributed by atoms with Crippen LogP contribution in [-0.2, 0) is 11.3 Å². The monoisotopic (exact) mass is 371 g/mol. The summed E-state index contributed by atoms with van der Waals surface area (Å²) in [6, 6.07) is 1.82. The van der Waals surface area contributed by atoms with Crippen LogP contribution in [0.15, 0.2) is 17.2 Å². The number of hydrogen-bond donors (Lipinski definition) is 0. The third-order valence-electron chi connectivity index (χ3n) is 4.85. The van der Waals surface area contributed by atoms with Crippen LogP contribution >= 0.6 is 0 Å². The fourth-order valence-corrected chi connectivity index (χ4v) is 3.17. The number of piperidine rings is 1. The van der Waals surface area contributed by atoms with Crippen molar-refractivity contribution in [2.24, 2.45) is 0 Å². The Hall–Kier alpha value is -2.77. The molecule has 0 aliphatic carbocycles. The summed E-state index contributed by atoms with van der Waals surface area (Å²) in [6.07, 6.45) is 2.92. The summed E-state index contributed by atoms with van der Waals surface area (Å²) in [5.74, 6) is 1.19. The van der Waals surface area contributed by atoms with Gasteiger partial charge in [0.25, 0.3) is 5.56 Å². The van der Waals surface area contributed by atoms with Crippen LogP contribution in [-0.4, -0.2) is 49.5 Å². The number of ether oxygens (including phenoxy) is 1. The molecule has 1 saturated heterocycles. The SMILES string of the molecule is Cc1cc(OC2CCN(C(=O)Cn3cnc(C)c(C)c3=O)CC2)nc(C)n1. The van der Waals surface area contributed by atoms with Gasteiger partial charge in [-0.1, -0.05) is 0 Å². The summed E-state index contributed by atoms with van der Waals surface area (Å²) in [5.41, 5.74) is 1.98. The van der Waals surface area contributed by atoms with Crippen LogP contribution < -0.4 is 10.3 Å². The van der Waals surface area contributed by atoms with E-state index >= 15 is 0 Å². The van der Waals surface area contributed by atoms with Crippen molar-refractivity contribution in [3.05, 3.63) is 45.5 Å². The number of amides is 1. The number of aryl methyl sites for hydroxylation is 3. The van der Waals surface area contributed by atoms with Gasteiger partial charge in [0, 0.05) is 48.9 Å². The van der Waals surface area contributed by atoms with E-state index in [0.29, 0.717) is 36.1 Å². The lowest BCUT2D eigenvalue weighted by Gasteiger charge is -2.32. The molecule has 8 nitrogen and oxygen atoms in total. The zero-order valence-corrected chi connectivity index (χ0v) is 16.2. The van der Waals surface area contributed by atoms with E-state index in [1.54, 1.807) is 18.7 Å². The van der Waals surface area contributed by atoms with Crippen LogP contribution in [0.1, 0.15) is 35.6 Å². The molecule has 0 saturated carbocycles. The molecule has 0 bridgehead atoms. The molecule has 144 valence electrons. The Morgan fingerprint density at radius 1 is 1.19 bits per heavy atom. The summed E-state index contributed by atoms with van der Waals surface area (Å²) < 4.78 is 7.33. The van der Waals surface area contributed by atoms with Gasteiger partial charge < -0.3 is 9.64 Å². The summed E-state index contributed by atoms with van der Waals surface area (Å²) in [6.45, 7) is 8.47. The Morgan fingerprint density at radius 3 is 2.56 bits per heavy atom. The second-order valence-electron chi connectivity index (χ2n) is 6.98. The lowest BCUT2D eigenvalue weighted by atomic mass is 10.1. The van der Waals surface area contributed by atoms with Gasteiger partial charge in [0.1, 0.15) is 18.5 Å². The molecule has 3 heterocycles. The fourth-order valence-electron chi connectivity index (χ4n) is 3.17. The van der Waals surface area contributed by atoms with Crippen molar-refractivity contribution in [3.8, 4) is 5.88 Å². The highest BCUT2D eigenvalue weighted by atomic mass is 16.5. The molecule has 0 atom stereocenters. The maximum Gasteiger partial charge on any atom is 0.256 e. The van der Waals surface area contributed by atoms with Crippen molar-refractivity contribution < 1.29 is 9.53 Å². The van der Waals surface area contributed by atoms with Crippen molar-refractivity contribution in [1.82, 2.24) is 24.4 Å². The lowest BCUT2D eigenvalue weighted by molar-refractivity contribution is -0.133. The van der Waals surface area contributed by atoms with Crippen LogP contribution in [0.4, 0.5) is 0 Å². The third kappa shape index (κ3) is 4.50. The van der Waals surface area contributed by atoms with Crippen molar-refractivity contribution in [1.29, 1.82) is 0 Å². The molecule has 2 aromatic heterocycles. The number of likely N-dealkylation sites (tertiary alicyclic amines) is 1. The van der Waals surface area contributed by atoms with Gasteiger partial charge in [-0.15, -0.1) is 0 Å². The zero-order valence-electron chi connectivity index (χ0n) is 16.2. The molecule has 1 fully saturated rings. The van der Waals surface area contributed by atoms with Gasteiger partial charge in [0.2, 0.25) is 11.8 Å². The molecule has 1 aliphatic heterocycles. The van der Waals surface area contributed by atoms with Gasteiger partial charge in [-0.2, -0.15) is 4.98 Å². The molecule has 0 N–H and O–H groups in total. The van der Waals surface area contributed by atoms with Crippen LogP contribution in [0, 0.1) is 27.7 Å². The molecule has 0 radical (unpaired) electrons. The molecule has 0 unspecified atom stereocenters. The first-order chi connectivity index (χ1) is 12.8. The average molecular weight is 371 g/mol. The molecule has 0 spiro atoms. The molecule has 27 heavy (non-hydrogen) atoms. The number of nitrogens with zero attached hydrogens (tertiary/aromatic N) is 5. The minimum Gasteiger partial charge on any atom is -0.474 e. The van der Waals surface area contributed by atoms with Gasteiger partial charge in [-0.3, -0.25) is 14.2 Å². The standard InChI is InChI=1S/C19H25N5O3/c1-12-9-17(22-15(4)21-12)27-16-5-7-23(8-6-16)18(25)10-24-11-20-14(3)13(2)19(24)26/h9,11,16H,5-8,10H2,1-4H3. The molecule has 0 aromatic carbocycles. The fraction of sp³-hybridized carbons (Fsp3) is 0.526. The molecule has 1 aliphatic rings. The largest absolute Gasteiger partial charge is 0.474 e. The van der Waals surface area contributed by atoms with E-state index < -0.39 is 0 Å². The minimum atomic E-state index is -0.163. The van der Waals surface area contributed by atoms with Crippen molar-refractivity contribution in [3.63, 3.8) is 0 Å². The van der Waals surface area contributed by atoms with Crippen LogP contribution in [0.25, 0.3) is 0 Å². The molecule has 1 amide bonds. The quantitative estimate of drug-likeness (QED) is 0.806. The van der Waals surface area contributed by atoms with Gasteiger partial charge in [-0.25, -0.2) is 9.97 Å². The Kier molecular flexibility index (Phi) is 5.53. The Morgan fingerprint density at radius 2 is 1.89 bits per heavy atom. The summed E-state index contributed by atoms with van der Waals surface area (Å²) in [5, 5.41) is 0. The van der Waals surface area contributed by atoms with E-state index in [2.05, 4.69) is 15.0 Å². The Labute approximate surface area is 158 Å². The summed E-state index contributed by atoms with van der Waals surface area (Å²) in [4.78, 5) is 39.3. The highest BCUT2D eigenvalue weighted by Crippen LogP contribution is 2.18. The van der Waals surface area contributed by atoms with Gasteiger partial charge in [0.15, 0.2) is 0 Å². The van der Waals surface area contributed by atoms with E-state index in [4.69, 9.17) is 4.74 Å². The first-order valence-electron chi connectivity index (χ1n) is 9.13. The van der Waals surface area contributed by atoms with Gasteiger partial charge in [-0.05, 0) is 27.7 Å². The second-order valence-corrected chi connectivity index (χ2v) is 6.98. The van der Waals surface area contributed by atoms with E-state index in [0.717, 1.165) is 18.5 Å². The van der Waals surface area contributed by atoms with Crippen LogP contribution in [0.5, 0.6) is 5.88 Å². The average Bonchev–Trinajstić information content (AvgIpc) is 2.62. The van der Waals surface area contributed by atoms with E-state index in [-0.39, 0.29) is 24.1 Å². The first-order valence-corrected chi connectivity index (χ1v) is 9.13. The molecular weight excluding hydrogens is 346 g/mol. The first kappa shape index (κ1) is 19.0. The van der Waals surface area contributed by atoms with Crippen LogP contribution in [0.2, 0.25) is 0 Å². The van der Waals surface area contributed by atoms with Gasteiger partial charge >= 0.3 is 0 Å². The number of aromatic nitrogens is 4. The normalized spacial score (nSPS) is 15.0. The smallest absolute Gasteiger partial charge is 0.256 e. The summed E-state index contributed by atoms with van der Waals surface area (Å²) >= 11 is 0. The lowest BCUT2D eigenvalue weighted by Crippen LogP contribution is -2.44. The number of carbonyl (C=O) groups excluding carboxylic acids is 1. The Balaban J connectivity index is 1.56. The van der Waals surface area contributed by atoms with E-state index in [9.17, 15) is 9.59 Å². The van der Waals surface area contributed by atoms with Gasteiger partial charge in [0.05, 0.1) is 6.33 Å². The topological polar surface area (TPSA) is 90.2 Å². The number of rotatable bonds is 4. The Bertz CT molecular complexity index is 880. The van der Waals surface area contributed by atoms with Crippen molar-refractivity contribution in [2.75, 3.05) is 13.1 Å². The highest BCUT2D eigenvalue weighted by molar-refractivity contribution is 5.76. The maximum atomic E-state index is 12.5. The molecular formula is C19H25N5O3. The number of hydrogen-bond acceptors (Lipinski definition) is 6.